The maximum absolute atomic E-state index is 11.0. The van der Waals surface area contributed by atoms with Crippen molar-refractivity contribution >= 4 is 11.8 Å². The highest BCUT2D eigenvalue weighted by Crippen LogP contribution is 2.26. The molecule has 1 aliphatic carbocycles. The van der Waals surface area contributed by atoms with Crippen LogP contribution >= 0.6 is 0 Å². The van der Waals surface area contributed by atoms with Crippen LogP contribution in [0.4, 0.5) is 0 Å². The minimum Gasteiger partial charge on any atom is -0.274 e. The predicted molar refractivity (Wildman–Crippen MR) is 48.4 cm³/mol. The van der Waals surface area contributed by atoms with Crippen molar-refractivity contribution in [3.8, 4) is 0 Å². The minimum absolute atomic E-state index is 0.273. The van der Waals surface area contributed by atoms with Gasteiger partial charge in [-0.25, -0.2) is 0 Å². The molecule has 2 amide bonds. The number of allylic oxidation sites excluding steroid dienone is 1. The lowest BCUT2D eigenvalue weighted by atomic mass is 9.85. The number of hydrazine groups is 1. The van der Waals surface area contributed by atoms with E-state index < -0.39 is 0 Å². The van der Waals surface area contributed by atoms with Gasteiger partial charge in [-0.15, -0.1) is 0 Å². The molecule has 2 N–H and O–H groups in total. The molecular weight excluding hydrogens is 168 g/mol. The Morgan fingerprint density at radius 2 is 2.00 bits per heavy atom. The van der Waals surface area contributed by atoms with Gasteiger partial charge in [-0.3, -0.25) is 20.4 Å². The molecule has 0 saturated heterocycles. The molecule has 1 aliphatic rings. The van der Waals surface area contributed by atoms with Crippen LogP contribution in [0.25, 0.3) is 0 Å². The summed E-state index contributed by atoms with van der Waals surface area (Å²) in [6.45, 7) is 1.34. The number of carbonyl (C=O) groups is 2. The summed E-state index contributed by atoms with van der Waals surface area (Å²) in [7, 11) is 0. The van der Waals surface area contributed by atoms with Crippen molar-refractivity contribution in [3.63, 3.8) is 0 Å². The molecular formula is C9H14N2O2. The molecule has 0 aromatic rings. The summed E-state index contributed by atoms with van der Waals surface area (Å²) in [5, 5.41) is 0. The highest BCUT2D eigenvalue weighted by Gasteiger charge is 2.13. The Hall–Kier alpha value is -1.32. The van der Waals surface area contributed by atoms with Gasteiger partial charge in [-0.2, -0.15) is 0 Å². The quantitative estimate of drug-likeness (QED) is 0.483. The summed E-state index contributed by atoms with van der Waals surface area (Å²) in [6.07, 6.45) is 6.95. The summed E-state index contributed by atoms with van der Waals surface area (Å²) >= 11 is 0. The van der Waals surface area contributed by atoms with Crippen LogP contribution in [-0.2, 0) is 9.59 Å². The van der Waals surface area contributed by atoms with Gasteiger partial charge in [0.2, 0.25) is 5.91 Å². The number of hydrogen-bond donors (Lipinski definition) is 2. The van der Waals surface area contributed by atoms with E-state index in [9.17, 15) is 9.59 Å². The molecule has 72 valence electrons. The Morgan fingerprint density at radius 3 is 2.46 bits per heavy atom. The monoisotopic (exact) mass is 182 g/mol. The fraction of sp³-hybridized carbons (Fsp3) is 0.556. The fourth-order valence-electron chi connectivity index (χ4n) is 1.05. The maximum Gasteiger partial charge on any atom is 0.262 e. The first-order chi connectivity index (χ1) is 6.18. The molecule has 0 radical (unpaired) electrons. The Labute approximate surface area is 77.4 Å². The third-order valence-corrected chi connectivity index (χ3v) is 2.03. The van der Waals surface area contributed by atoms with E-state index in [-0.39, 0.29) is 11.8 Å². The van der Waals surface area contributed by atoms with Crippen LogP contribution in [0.3, 0.4) is 0 Å². The van der Waals surface area contributed by atoms with Crippen LogP contribution in [0.5, 0.6) is 0 Å². The molecule has 0 spiro atoms. The first-order valence-electron chi connectivity index (χ1n) is 4.43. The van der Waals surface area contributed by atoms with E-state index in [1.54, 1.807) is 0 Å². The highest BCUT2D eigenvalue weighted by molar-refractivity contribution is 5.89. The van der Waals surface area contributed by atoms with Crippen LogP contribution in [-0.4, -0.2) is 11.8 Å². The van der Waals surface area contributed by atoms with Crippen LogP contribution in [0, 0.1) is 5.92 Å². The van der Waals surface area contributed by atoms with Crippen molar-refractivity contribution < 1.29 is 9.59 Å². The molecule has 0 unspecified atom stereocenters. The van der Waals surface area contributed by atoms with E-state index in [1.807, 2.05) is 6.08 Å². The predicted octanol–water partition coefficient (Wildman–Crippen LogP) is 0.510. The number of hydrogen-bond acceptors (Lipinski definition) is 2. The van der Waals surface area contributed by atoms with Crippen LogP contribution in [0.2, 0.25) is 0 Å². The van der Waals surface area contributed by atoms with Crippen molar-refractivity contribution in [1.29, 1.82) is 0 Å². The van der Waals surface area contributed by atoms with Gasteiger partial charge >= 0.3 is 0 Å². The van der Waals surface area contributed by atoms with Gasteiger partial charge in [0, 0.05) is 13.0 Å². The lowest BCUT2D eigenvalue weighted by molar-refractivity contribution is -0.125. The van der Waals surface area contributed by atoms with E-state index in [0.29, 0.717) is 5.92 Å². The fourth-order valence-corrected chi connectivity index (χ4v) is 1.05. The van der Waals surface area contributed by atoms with Gasteiger partial charge in [0.25, 0.3) is 5.91 Å². The number of rotatable bonds is 2. The SMILES string of the molecule is CC(=O)NNC(=O)/C=C/C1CCC1. The molecule has 0 aliphatic heterocycles. The zero-order chi connectivity index (χ0) is 9.68. The smallest absolute Gasteiger partial charge is 0.262 e. The molecule has 0 aromatic heterocycles. The van der Waals surface area contributed by atoms with E-state index in [1.165, 1.54) is 32.3 Å². The van der Waals surface area contributed by atoms with Crippen LogP contribution < -0.4 is 10.9 Å². The Bertz CT molecular complexity index is 232. The van der Waals surface area contributed by atoms with E-state index in [4.69, 9.17) is 0 Å². The second-order valence-corrected chi connectivity index (χ2v) is 3.22. The van der Waals surface area contributed by atoms with Crippen molar-refractivity contribution in [1.82, 2.24) is 10.9 Å². The molecule has 1 fully saturated rings. The highest BCUT2D eigenvalue weighted by atomic mass is 16.2. The summed E-state index contributed by atoms with van der Waals surface area (Å²) in [4.78, 5) is 21.4. The molecule has 13 heavy (non-hydrogen) atoms. The second-order valence-electron chi connectivity index (χ2n) is 3.22. The first kappa shape index (κ1) is 9.77. The van der Waals surface area contributed by atoms with Gasteiger partial charge in [0.05, 0.1) is 0 Å². The van der Waals surface area contributed by atoms with Crippen molar-refractivity contribution in [3.05, 3.63) is 12.2 Å². The first-order valence-corrected chi connectivity index (χ1v) is 4.43. The average Bonchev–Trinajstić information content (AvgIpc) is 1.98. The molecule has 1 rings (SSSR count). The van der Waals surface area contributed by atoms with E-state index >= 15 is 0 Å². The normalized spacial score (nSPS) is 16.7. The lowest BCUT2D eigenvalue weighted by Gasteiger charge is -2.20. The standard InChI is InChI=1S/C9H14N2O2/c1-7(12)10-11-9(13)6-5-8-3-2-4-8/h5-6,8H,2-4H2,1H3,(H,10,12)(H,11,13)/b6-5+. The third kappa shape index (κ3) is 3.73. The van der Waals surface area contributed by atoms with Gasteiger partial charge in [0.1, 0.15) is 0 Å². The molecule has 0 aromatic carbocycles. The number of amides is 2. The molecule has 4 heteroatoms. The van der Waals surface area contributed by atoms with Crippen molar-refractivity contribution in [2.75, 3.05) is 0 Å². The second kappa shape index (κ2) is 4.64. The largest absolute Gasteiger partial charge is 0.274 e. The summed E-state index contributed by atoms with van der Waals surface area (Å²) in [5.74, 6) is 0.00979. The third-order valence-electron chi connectivity index (χ3n) is 2.03. The minimum atomic E-state index is -0.276. The van der Waals surface area contributed by atoms with Crippen molar-refractivity contribution in [2.24, 2.45) is 5.92 Å². The Morgan fingerprint density at radius 1 is 1.31 bits per heavy atom. The summed E-state index contributed by atoms with van der Waals surface area (Å²) in [5.41, 5.74) is 4.48. The molecule has 0 bridgehead atoms. The zero-order valence-electron chi connectivity index (χ0n) is 7.67. The Balaban J connectivity index is 2.15. The lowest BCUT2D eigenvalue weighted by Crippen LogP contribution is -2.39. The topological polar surface area (TPSA) is 58.2 Å². The van der Waals surface area contributed by atoms with Gasteiger partial charge < -0.3 is 0 Å². The van der Waals surface area contributed by atoms with E-state index in [0.717, 1.165) is 0 Å². The molecule has 1 saturated carbocycles. The molecule has 4 nitrogen and oxygen atoms in total. The summed E-state index contributed by atoms with van der Waals surface area (Å²) in [6, 6.07) is 0. The Kier molecular flexibility index (Phi) is 3.49. The maximum atomic E-state index is 11.0. The summed E-state index contributed by atoms with van der Waals surface area (Å²) < 4.78 is 0. The molecule has 0 heterocycles. The number of carbonyl (C=O) groups excluding carboxylic acids is 2. The zero-order valence-corrected chi connectivity index (χ0v) is 7.67. The molecule has 0 atom stereocenters. The van der Waals surface area contributed by atoms with Crippen molar-refractivity contribution in [2.45, 2.75) is 26.2 Å². The van der Waals surface area contributed by atoms with Gasteiger partial charge in [0.15, 0.2) is 0 Å². The van der Waals surface area contributed by atoms with Crippen LogP contribution in [0.15, 0.2) is 12.2 Å². The van der Waals surface area contributed by atoms with E-state index in [2.05, 4.69) is 10.9 Å². The van der Waals surface area contributed by atoms with Gasteiger partial charge in [-0.1, -0.05) is 12.5 Å². The average molecular weight is 182 g/mol. The van der Waals surface area contributed by atoms with Crippen LogP contribution in [0.1, 0.15) is 26.2 Å². The number of nitrogens with one attached hydrogen (secondary N) is 2. The van der Waals surface area contributed by atoms with Gasteiger partial charge in [-0.05, 0) is 18.8 Å².